The van der Waals surface area contributed by atoms with Crippen LogP contribution in [0.5, 0.6) is 5.75 Å². The fourth-order valence-electron chi connectivity index (χ4n) is 2.24. The van der Waals surface area contributed by atoms with Crippen molar-refractivity contribution in [2.75, 3.05) is 0 Å². The number of ether oxygens (including phenoxy) is 1. The maximum Gasteiger partial charge on any atom is 0.249 e. The van der Waals surface area contributed by atoms with Crippen molar-refractivity contribution in [1.82, 2.24) is 0 Å². The lowest BCUT2D eigenvalue weighted by molar-refractivity contribution is 0.0997. The van der Waals surface area contributed by atoms with Gasteiger partial charge in [0.05, 0.1) is 0 Å². The maximum absolute atomic E-state index is 11.5. The van der Waals surface area contributed by atoms with Crippen molar-refractivity contribution in [3.05, 3.63) is 64.2 Å². The molecule has 0 aliphatic rings. The highest BCUT2D eigenvalue weighted by Crippen LogP contribution is 2.22. The number of amides is 1. The molecule has 0 aliphatic heterocycles. The monoisotopic (exact) mass is 269 g/mol. The van der Waals surface area contributed by atoms with Gasteiger partial charge in [0.1, 0.15) is 12.4 Å². The molecule has 0 fully saturated rings. The highest BCUT2D eigenvalue weighted by Gasteiger charge is 2.11. The van der Waals surface area contributed by atoms with E-state index in [1.165, 1.54) is 5.56 Å². The Balaban J connectivity index is 2.25. The first-order chi connectivity index (χ1) is 9.49. The van der Waals surface area contributed by atoms with Crippen LogP contribution in [0, 0.1) is 20.8 Å². The number of rotatable bonds is 4. The summed E-state index contributed by atoms with van der Waals surface area (Å²) < 4.78 is 5.84. The van der Waals surface area contributed by atoms with Crippen molar-refractivity contribution in [1.29, 1.82) is 0 Å². The summed E-state index contributed by atoms with van der Waals surface area (Å²) in [7, 11) is 0. The molecular formula is C17H19NO2. The molecule has 20 heavy (non-hydrogen) atoms. The lowest BCUT2D eigenvalue weighted by atomic mass is 10.0. The SMILES string of the molecule is Cc1ccc(OCc2c(C)cccc2C(N)=O)c(C)c1. The summed E-state index contributed by atoms with van der Waals surface area (Å²) in [6.07, 6.45) is 0. The zero-order valence-corrected chi connectivity index (χ0v) is 12.1. The van der Waals surface area contributed by atoms with E-state index in [2.05, 4.69) is 6.07 Å². The molecule has 0 unspecified atom stereocenters. The second kappa shape index (κ2) is 5.78. The molecule has 2 rings (SSSR count). The Morgan fingerprint density at radius 2 is 1.85 bits per heavy atom. The van der Waals surface area contributed by atoms with Gasteiger partial charge in [0.15, 0.2) is 0 Å². The van der Waals surface area contributed by atoms with E-state index < -0.39 is 5.91 Å². The number of nitrogens with two attached hydrogens (primary N) is 1. The minimum Gasteiger partial charge on any atom is -0.489 e. The molecule has 0 spiro atoms. The van der Waals surface area contributed by atoms with Crippen LogP contribution in [0.3, 0.4) is 0 Å². The normalized spacial score (nSPS) is 10.3. The van der Waals surface area contributed by atoms with Crippen LogP contribution in [-0.4, -0.2) is 5.91 Å². The van der Waals surface area contributed by atoms with Crippen molar-refractivity contribution in [2.45, 2.75) is 27.4 Å². The molecule has 1 amide bonds. The highest BCUT2D eigenvalue weighted by atomic mass is 16.5. The molecule has 0 saturated heterocycles. The predicted molar refractivity (Wildman–Crippen MR) is 79.9 cm³/mol. The van der Waals surface area contributed by atoms with Crippen molar-refractivity contribution in [3.63, 3.8) is 0 Å². The minimum atomic E-state index is -0.423. The van der Waals surface area contributed by atoms with Crippen molar-refractivity contribution in [2.24, 2.45) is 5.73 Å². The third-order valence-corrected chi connectivity index (χ3v) is 3.38. The molecule has 0 saturated carbocycles. The third-order valence-electron chi connectivity index (χ3n) is 3.38. The van der Waals surface area contributed by atoms with E-state index in [1.807, 2.05) is 45.0 Å². The first-order valence-corrected chi connectivity index (χ1v) is 6.57. The average molecular weight is 269 g/mol. The molecule has 0 radical (unpaired) electrons. The quantitative estimate of drug-likeness (QED) is 0.926. The Hall–Kier alpha value is -2.29. The Kier molecular flexibility index (Phi) is 4.08. The molecule has 0 aliphatic carbocycles. The smallest absolute Gasteiger partial charge is 0.249 e. The van der Waals surface area contributed by atoms with Gasteiger partial charge in [0.25, 0.3) is 0 Å². The minimum absolute atomic E-state index is 0.342. The van der Waals surface area contributed by atoms with Crippen LogP contribution < -0.4 is 10.5 Å². The van der Waals surface area contributed by atoms with Crippen LogP contribution in [0.2, 0.25) is 0 Å². The third kappa shape index (κ3) is 2.99. The molecule has 2 aromatic carbocycles. The van der Waals surface area contributed by atoms with Crippen molar-refractivity contribution < 1.29 is 9.53 Å². The van der Waals surface area contributed by atoms with Gasteiger partial charge in [-0.15, -0.1) is 0 Å². The molecule has 104 valence electrons. The van der Waals surface area contributed by atoms with E-state index in [1.54, 1.807) is 6.07 Å². The molecule has 0 atom stereocenters. The summed E-state index contributed by atoms with van der Waals surface area (Å²) in [5.74, 6) is 0.405. The number of hydrogen-bond donors (Lipinski definition) is 1. The topological polar surface area (TPSA) is 52.3 Å². The first-order valence-electron chi connectivity index (χ1n) is 6.57. The number of carbonyl (C=O) groups is 1. The number of hydrogen-bond acceptors (Lipinski definition) is 2. The van der Waals surface area contributed by atoms with E-state index in [4.69, 9.17) is 10.5 Å². The summed E-state index contributed by atoms with van der Waals surface area (Å²) >= 11 is 0. The van der Waals surface area contributed by atoms with Gasteiger partial charge in [-0.3, -0.25) is 4.79 Å². The van der Waals surface area contributed by atoms with Crippen LogP contribution in [0.25, 0.3) is 0 Å². The van der Waals surface area contributed by atoms with Crippen molar-refractivity contribution in [3.8, 4) is 5.75 Å². The standard InChI is InChI=1S/C17H19NO2/c1-11-7-8-16(13(3)9-11)20-10-15-12(2)5-4-6-14(15)17(18)19/h4-9H,10H2,1-3H3,(H2,18,19). The Bertz CT molecular complexity index is 647. The van der Waals surface area contributed by atoms with Crippen LogP contribution in [0.1, 0.15) is 32.6 Å². The molecule has 2 aromatic rings. The first kappa shape index (κ1) is 14.1. The summed E-state index contributed by atoms with van der Waals surface area (Å²) in [6, 6.07) is 11.5. The maximum atomic E-state index is 11.5. The molecular weight excluding hydrogens is 250 g/mol. The summed E-state index contributed by atoms with van der Waals surface area (Å²) in [6.45, 7) is 6.35. The van der Waals surface area contributed by atoms with Gasteiger partial charge in [-0.05, 0) is 44.0 Å². The Labute approximate surface area is 119 Å². The Morgan fingerprint density at radius 3 is 2.50 bits per heavy atom. The molecule has 2 N–H and O–H groups in total. The van der Waals surface area contributed by atoms with Gasteiger partial charge in [-0.25, -0.2) is 0 Å². The van der Waals surface area contributed by atoms with E-state index in [0.717, 1.165) is 22.4 Å². The molecule has 0 aromatic heterocycles. The lowest BCUT2D eigenvalue weighted by Gasteiger charge is -2.13. The molecule has 0 bridgehead atoms. The van der Waals surface area contributed by atoms with E-state index in [-0.39, 0.29) is 0 Å². The zero-order valence-electron chi connectivity index (χ0n) is 12.1. The van der Waals surface area contributed by atoms with E-state index in [9.17, 15) is 4.79 Å². The zero-order chi connectivity index (χ0) is 14.7. The Morgan fingerprint density at radius 1 is 1.10 bits per heavy atom. The predicted octanol–water partition coefficient (Wildman–Crippen LogP) is 3.29. The van der Waals surface area contributed by atoms with E-state index in [0.29, 0.717) is 12.2 Å². The van der Waals surface area contributed by atoms with Crippen molar-refractivity contribution >= 4 is 5.91 Å². The molecule has 3 nitrogen and oxygen atoms in total. The summed E-state index contributed by atoms with van der Waals surface area (Å²) in [4.78, 5) is 11.5. The van der Waals surface area contributed by atoms with Gasteiger partial charge in [-0.2, -0.15) is 0 Å². The van der Waals surface area contributed by atoms with E-state index >= 15 is 0 Å². The largest absolute Gasteiger partial charge is 0.489 e. The van der Waals surface area contributed by atoms with Gasteiger partial charge in [0, 0.05) is 11.1 Å². The summed E-state index contributed by atoms with van der Waals surface area (Å²) in [5.41, 5.74) is 10.1. The number of benzene rings is 2. The molecule has 3 heteroatoms. The van der Waals surface area contributed by atoms with Crippen LogP contribution in [-0.2, 0) is 6.61 Å². The van der Waals surface area contributed by atoms with Gasteiger partial charge in [0.2, 0.25) is 5.91 Å². The van der Waals surface area contributed by atoms with Crippen LogP contribution in [0.15, 0.2) is 36.4 Å². The second-order valence-corrected chi connectivity index (χ2v) is 5.02. The summed E-state index contributed by atoms with van der Waals surface area (Å²) in [5, 5.41) is 0. The van der Waals surface area contributed by atoms with Gasteiger partial charge in [-0.1, -0.05) is 29.8 Å². The highest BCUT2D eigenvalue weighted by molar-refractivity contribution is 5.94. The second-order valence-electron chi connectivity index (χ2n) is 5.02. The average Bonchev–Trinajstić information content (AvgIpc) is 2.38. The van der Waals surface area contributed by atoms with Crippen LogP contribution >= 0.6 is 0 Å². The van der Waals surface area contributed by atoms with Gasteiger partial charge < -0.3 is 10.5 Å². The van der Waals surface area contributed by atoms with Crippen LogP contribution in [0.4, 0.5) is 0 Å². The number of aryl methyl sites for hydroxylation is 3. The number of primary amides is 1. The number of carbonyl (C=O) groups excluding carboxylic acids is 1. The fourth-order valence-corrected chi connectivity index (χ4v) is 2.24. The lowest BCUT2D eigenvalue weighted by Crippen LogP contribution is -2.15. The fraction of sp³-hybridized carbons (Fsp3) is 0.235. The molecule has 0 heterocycles. The van der Waals surface area contributed by atoms with Gasteiger partial charge >= 0.3 is 0 Å².